The van der Waals surface area contributed by atoms with E-state index in [1.165, 1.54) is 6.92 Å². The maximum atomic E-state index is 10.9. The van der Waals surface area contributed by atoms with Gasteiger partial charge in [0.1, 0.15) is 13.2 Å². The van der Waals surface area contributed by atoms with Gasteiger partial charge in [-0.2, -0.15) is 0 Å². The van der Waals surface area contributed by atoms with E-state index >= 15 is 0 Å². The molecule has 16 heavy (non-hydrogen) atoms. The number of ether oxygens (including phenoxy) is 1. The van der Waals surface area contributed by atoms with Crippen molar-refractivity contribution in [3.05, 3.63) is 12.2 Å². The molecule has 0 unspecified atom stereocenters. The second kappa shape index (κ2) is 6.44. The van der Waals surface area contributed by atoms with Crippen molar-refractivity contribution in [2.75, 3.05) is 19.7 Å². The molecule has 0 aliphatic carbocycles. The highest BCUT2D eigenvalue weighted by Crippen LogP contribution is 1.94. The fraction of sp³-hybridized carbons (Fsp3) is 0.444. The van der Waals surface area contributed by atoms with Gasteiger partial charge in [-0.1, -0.05) is 6.58 Å². The Labute approximate surface area is 92.5 Å². The predicted octanol–water partition coefficient (Wildman–Crippen LogP) is -0.429. The number of nitrogens with zero attached hydrogens (tertiary/aromatic N) is 1. The molecule has 3 N–H and O–H groups in total. The monoisotopic (exact) mass is 230 g/mol. The lowest BCUT2D eigenvalue weighted by Crippen LogP contribution is -2.41. The summed E-state index contributed by atoms with van der Waals surface area (Å²) in [6.45, 7) is 4.12. The highest BCUT2D eigenvalue weighted by molar-refractivity contribution is 5.87. The molecule has 90 valence electrons. The molecule has 0 atom stereocenters. The second-order valence-corrected chi connectivity index (χ2v) is 3.07. The van der Waals surface area contributed by atoms with Gasteiger partial charge in [0, 0.05) is 5.57 Å². The molecule has 0 rings (SSSR count). The van der Waals surface area contributed by atoms with Gasteiger partial charge in [0.15, 0.2) is 0 Å². The van der Waals surface area contributed by atoms with Crippen LogP contribution in [-0.4, -0.2) is 47.7 Å². The van der Waals surface area contributed by atoms with Gasteiger partial charge in [0.2, 0.25) is 0 Å². The summed E-state index contributed by atoms with van der Waals surface area (Å²) < 4.78 is 4.68. The minimum absolute atomic E-state index is 0.0688. The normalized spacial score (nSPS) is 9.31. The van der Waals surface area contributed by atoms with E-state index in [2.05, 4.69) is 11.3 Å². The highest BCUT2D eigenvalue weighted by atomic mass is 16.5. The fourth-order valence-electron chi connectivity index (χ4n) is 0.802. The lowest BCUT2D eigenvalue weighted by molar-refractivity contribution is -0.139. The lowest BCUT2D eigenvalue weighted by Gasteiger charge is -2.17. The molecule has 0 aromatic heterocycles. The van der Waals surface area contributed by atoms with Crippen molar-refractivity contribution < 1.29 is 24.2 Å². The molecule has 0 aliphatic heterocycles. The number of carbonyl (C=O) groups excluding carboxylic acids is 2. The van der Waals surface area contributed by atoms with Crippen LogP contribution in [0.1, 0.15) is 6.92 Å². The molecule has 0 radical (unpaired) electrons. The van der Waals surface area contributed by atoms with Crippen molar-refractivity contribution in [2.45, 2.75) is 6.92 Å². The van der Waals surface area contributed by atoms with E-state index in [1.807, 2.05) is 0 Å². The average molecular weight is 230 g/mol. The van der Waals surface area contributed by atoms with Gasteiger partial charge in [-0.3, -0.25) is 4.79 Å². The predicted molar refractivity (Wildman–Crippen MR) is 54.6 cm³/mol. The minimum atomic E-state index is -1.19. The molecule has 0 aliphatic rings. The fourth-order valence-corrected chi connectivity index (χ4v) is 0.802. The summed E-state index contributed by atoms with van der Waals surface area (Å²) in [4.78, 5) is 32.9. The van der Waals surface area contributed by atoms with Crippen molar-refractivity contribution >= 4 is 18.0 Å². The summed E-state index contributed by atoms with van der Waals surface area (Å²) in [5, 5.41) is 8.46. The zero-order chi connectivity index (χ0) is 12.7. The van der Waals surface area contributed by atoms with Crippen molar-refractivity contribution in [3.8, 4) is 0 Å². The van der Waals surface area contributed by atoms with Crippen LogP contribution in [-0.2, 0) is 14.3 Å². The first kappa shape index (κ1) is 13.9. The second-order valence-electron chi connectivity index (χ2n) is 3.07. The molecule has 7 heteroatoms. The van der Waals surface area contributed by atoms with Gasteiger partial charge in [0.25, 0.3) is 0 Å². The number of aliphatic carboxylic acids is 1. The van der Waals surface area contributed by atoms with Crippen molar-refractivity contribution in [1.82, 2.24) is 4.90 Å². The summed E-state index contributed by atoms with van der Waals surface area (Å²) in [6, 6.07) is -0.881. The Morgan fingerprint density at radius 3 is 2.38 bits per heavy atom. The maximum absolute atomic E-state index is 10.9. The first-order valence-corrected chi connectivity index (χ1v) is 4.43. The number of carboxylic acid groups (broad SMARTS) is 1. The van der Waals surface area contributed by atoms with Crippen molar-refractivity contribution in [2.24, 2.45) is 5.73 Å². The van der Waals surface area contributed by atoms with E-state index in [-0.39, 0.29) is 18.7 Å². The summed E-state index contributed by atoms with van der Waals surface area (Å²) >= 11 is 0. The zero-order valence-electron chi connectivity index (χ0n) is 8.93. The average Bonchev–Trinajstić information content (AvgIpc) is 2.14. The van der Waals surface area contributed by atoms with Gasteiger partial charge in [-0.05, 0) is 6.92 Å². The summed E-state index contributed by atoms with van der Waals surface area (Å²) in [6.07, 6.45) is 0. The number of nitrogens with two attached hydrogens (primary N) is 1. The zero-order valence-corrected chi connectivity index (χ0v) is 8.93. The number of esters is 1. The number of rotatable bonds is 6. The first-order valence-electron chi connectivity index (χ1n) is 4.43. The van der Waals surface area contributed by atoms with E-state index in [1.54, 1.807) is 0 Å². The molecule has 7 nitrogen and oxygen atoms in total. The Morgan fingerprint density at radius 2 is 2.00 bits per heavy atom. The van der Waals surface area contributed by atoms with Crippen LogP contribution in [0.15, 0.2) is 12.2 Å². The van der Waals surface area contributed by atoms with Gasteiger partial charge < -0.3 is 20.5 Å². The minimum Gasteiger partial charge on any atom is -0.480 e. The van der Waals surface area contributed by atoms with Gasteiger partial charge in [0.05, 0.1) is 6.54 Å². The van der Waals surface area contributed by atoms with Crippen LogP contribution in [0.5, 0.6) is 0 Å². The summed E-state index contributed by atoms with van der Waals surface area (Å²) in [7, 11) is 0. The van der Waals surface area contributed by atoms with Crippen LogP contribution in [0, 0.1) is 0 Å². The van der Waals surface area contributed by atoms with Gasteiger partial charge in [-0.25, -0.2) is 9.59 Å². The van der Waals surface area contributed by atoms with Crippen LogP contribution in [0.25, 0.3) is 0 Å². The summed E-state index contributed by atoms with van der Waals surface area (Å²) in [5.41, 5.74) is 5.15. The molecule has 0 heterocycles. The standard InChI is InChI=1S/C9H14N2O5/c1-6(2)8(14)16-4-3-11(9(10)15)5-7(12)13/h1,3-5H2,2H3,(H2,10,15)(H,12,13). The number of primary amides is 1. The van der Waals surface area contributed by atoms with Crippen LogP contribution >= 0.6 is 0 Å². The largest absolute Gasteiger partial charge is 0.480 e. The molecule has 0 aromatic carbocycles. The van der Waals surface area contributed by atoms with E-state index in [0.717, 1.165) is 4.90 Å². The van der Waals surface area contributed by atoms with Crippen LogP contribution in [0.3, 0.4) is 0 Å². The molecule has 0 saturated carbocycles. The smallest absolute Gasteiger partial charge is 0.333 e. The molecule has 0 spiro atoms. The van der Waals surface area contributed by atoms with Crippen molar-refractivity contribution in [3.63, 3.8) is 0 Å². The maximum Gasteiger partial charge on any atom is 0.333 e. The Morgan fingerprint density at radius 1 is 1.44 bits per heavy atom. The Kier molecular flexibility index (Phi) is 5.61. The van der Waals surface area contributed by atoms with E-state index in [0.29, 0.717) is 0 Å². The van der Waals surface area contributed by atoms with Crippen LogP contribution in [0.4, 0.5) is 4.79 Å². The molecule has 0 fully saturated rings. The Bertz CT molecular complexity index is 313. The molecule has 0 aromatic rings. The number of amides is 2. The Balaban J connectivity index is 4.03. The van der Waals surface area contributed by atoms with E-state index in [4.69, 9.17) is 10.8 Å². The third-order valence-corrected chi connectivity index (χ3v) is 1.58. The number of hydrogen-bond donors (Lipinski definition) is 2. The number of urea groups is 1. The third kappa shape index (κ3) is 5.63. The van der Waals surface area contributed by atoms with Gasteiger partial charge >= 0.3 is 18.0 Å². The number of carboxylic acids is 1. The van der Waals surface area contributed by atoms with Crippen LogP contribution < -0.4 is 5.73 Å². The van der Waals surface area contributed by atoms with E-state index in [9.17, 15) is 14.4 Å². The summed E-state index contributed by atoms with van der Waals surface area (Å²) in [5.74, 6) is -1.79. The molecular weight excluding hydrogens is 216 g/mol. The quantitative estimate of drug-likeness (QED) is 0.475. The van der Waals surface area contributed by atoms with E-state index < -0.39 is 24.5 Å². The topological polar surface area (TPSA) is 110 Å². The number of hydrogen-bond acceptors (Lipinski definition) is 4. The molecule has 2 amide bonds. The third-order valence-electron chi connectivity index (χ3n) is 1.58. The lowest BCUT2D eigenvalue weighted by atomic mass is 10.4. The number of carbonyl (C=O) groups is 3. The molecule has 0 saturated heterocycles. The highest BCUT2D eigenvalue weighted by Gasteiger charge is 2.14. The molecular formula is C9H14N2O5. The van der Waals surface area contributed by atoms with Crippen molar-refractivity contribution in [1.29, 1.82) is 0 Å². The Hall–Kier alpha value is -2.05. The SMILES string of the molecule is C=C(C)C(=O)OCCN(CC(=O)O)C(N)=O. The van der Waals surface area contributed by atoms with Crippen LogP contribution in [0.2, 0.25) is 0 Å². The van der Waals surface area contributed by atoms with Gasteiger partial charge in [-0.15, -0.1) is 0 Å². The first-order chi connectivity index (χ1) is 7.34. The molecule has 0 bridgehead atoms.